The van der Waals surface area contributed by atoms with Crippen molar-refractivity contribution in [2.45, 2.75) is 25.4 Å². The summed E-state index contributed by atoms with van der Waals surface area (Å²) in [6.45, 7) is 2.88. The number of hydrogen-bond donors (Lipinski definition) is 0. The molecular weight excluding hydrogens is 277 g/mol. The van der Waals surface area contributed by atoms with E-state index in [4.69, 9.17) is 4.74 Å². The average molecular weight is 292 g/mol. The lowest BCUT2D eigenvalue weighted by atomic mass is 9.82. The number of halogens is 3. The number of ether oxygens (including phenoxy) is 1. The van der Waals surface area contributed by atoms with Crippen LogP contribution < -0.4 is 4.74 Å². The van der Waals surface area contributed by atoms with Crippen LogP contribution in [0.15, 0.2) is 42.5 Å². The van der Waals surface area contributed by atoms with E-state index in [0.717, 1.165) is 16.7 Å². The van der Waals surface area contributed by atoms with Gasteiger partial charge in [-0.2, -0.15) is 13.2 Å². The van der Waals surface area contributed by atoms with Crippen LogP contribution >= 0.6 is 0 Å². The molecule has 3 rings (SSSR count). The zero-order valence-corrected chi connectivity index (χ0v) is 11.8. The quantitative estimate of drug-likeness (QED) is 0.762. The summed E-state index contributed by atoms with van der Waals surface area (Å²) < 4.78 is 41.6. The summed E-state index contributed by atoms with van der Waals surface area (Å²) in [5.41, 5.74) is 4.16. The maximum Gasteiger partial charge on any atom is 0.422 e. The van der Waals surface area contributed by atoms with E-state index in [0.29, 0.717) is 0 Å². The van der Waals surface area contributed by atoms with E-state index in [9.17, 15) is 13.2 Å². The molecule has 0 amide bonds. The van der Waals surface area contributed by atoms with Gasteiger partial charge in [-0.25, -0.2) is 0 Å². The number of hydrogen-bond acceptors (Lipinski definition) is 1. The molecule has 0 fully saturated rings. The Morgan fingerprint density at radius 1 is 0.952 bits per heavy atom. The Bertz CT molecular complexity index is 687. The predicted octanol–water partition coefficient (Wildman–Crippen LogP) is 4.93. The zero-order valence-electron chi connectivity index (χ0n) is 11.8. The van der Waals surface area contributed by atoms with Gasteiger partial charge in [-0.1, -0.05) is 44.2 Å². The van der Waals surface area contributed by atoms with E-state index in [1.807, 2.05) is 24.3 Å². The fourth-order valence-corrected chi connectivity index (χ4v) is 2.94. The fraction of sp³-hybridized carbons (Fsp3) is 0.294. The molecule has 0 atom stereocenters. The first-order valence-electron chi connectivity index (χ1n) is 6.73. The van der Waals surface area contributed by atoms with Gasteiger partial charge in [0.2, 0.25) is 0 Å². The molecule has 1 nitrogen and oxygen atoms in total. The number of alkyl halides is 3. The molecule has 110 valence electrons. The van der Waals surface area contributed by atoms with Gasteiger partial charge in [0.25, 0.3) is 0 Å². The van der Waals surface area contributed by atoms with Crippen molar-refractivity contribution in [1.29, 1.82) is 0 Å². The van der Waals surface area contributed by atoms with E-state index in [1.165, 1.54) is 5.56 Å². The first-order chi connectivity index (χ1) is 9.79. The Hall–Kier alpha value is -1.97. The number of rotatable bonds is 2. The van der Waals surface area contributed by atoms with Crippen molar-refractivity contribution in [1.82, 2.24) is 0 Å². The van der Waals surface area contributed by atoms with E-state index >= 15 is 0 Å². The van der Waals surface area contributed by atoms with Crippen LogP contribution in [0.5, 0.6) is 5.75 Å². The first-order valence-corrected chi connectivity index (χ1v) is 6.73. The van der Waals surface area contributed by atoms with Crippen molar-refractivity contribution in [3.05, 3.63) is 53.6 Å². The van der Waals surface area contributed by atoms with Gasteiger partial charge >= 0.3 is 6.18 Å². The zero-order chi connectivity index (χ0) is 15.3. The minimum absolute atomic E-state index is 0.233. The van der Waals surface area contributed by atoms with Gasteiger partial charge in [0.15, 0.2) is 6.61 Å². The molecule has 0 saturated heterocycles. The van der Waals surface area contributed by atoms with Crippen LogP contribution in [-0.4, -0.2) is 12.8 Å². The summed E-state index contributed by atoms with van der Waals surface area (Å²) in [5, 5.41) is 0. The molecule has 2 aromatic carbocycles. The van der Waals surface area contributed by atoms with Crippen molar-refractivity contribution in [2.75, 3.05) is 6.61 Å². The molecule has 0 aliphatic heterocycles. The third kappa shape index (κ3) is 2.39. The molecular formula is C17H15F3O. The SMILES string of the molecule is CC1(C)c2ccccc2-c2ccc(OCC(F)(F)F)cc21. The predicted molar refractivity (Wildman–Crippen MR) is 75.6 cm³/mol. The lowest BCUT2D eigenvalue weighted by Gasteiger charge is -2.22. The highest BCUT2D eigenvalue weighted by atomic mass is 19.4. The Morgan fingerprint density at radius 3 is 2.33 bits per heavy atom. The molecule has 2 aromatic rings. The Kier molecular flexibility index (Phi) is 3.01. The normalized spacial score (nSPS) is 15.5. The maximum atomic E-state index is 12.3. The first kappa shape index (κ1) is 14.0. The van der Waals surface area contributed by atoms with Gasteiger partial charge in [0.1, 0.15) is 5.75 Å². The third-order valence-corrected chi connectivity index (χ3v) is 3.96. The van der Waals surface area contributed by atoms with Crippen LogP contribution in [0.3, 0.4) is 0 Å². The Morgan fingerprint density at radius 2 is 1.62 bits per heavy atom. The van der Waals surface area contributed by atoms with E-state index in [-0.39, 0.29) is 11.2 Å². The van der Waals surface area contributed by atoms with Gasteiger partial charge in [0, 0.05) is 5.41 Å². The molecule has 0 saturated carbocycles. The molecule has 1 aliphatic carbocycles. The number of fused-ring (bicyclic) bond motifs is 3. The summed E-state index contributed by atoms with van der Waals surface area (Å²) in [7, 11) is 0. The molecule has 0 heterocycles. The van der Waals surface area contributed by atoms with Crippen molar-refractivity contribution in [2.24, 2.45) is 0 Å². The standard InChI is InChI=1S/C17H15F3O/c1-16(2)14-6-4-3-5-12(14)13-8-7-11(9-15(13)16)21-10-17(18,19)20/h3-9H,10H2,1-2H3. The summed E-state index contributed by atoms with van der Waals surface area (Å²) in [6.07, 6.45) is -4.32. The molecule has 0 aromatic heterocycles. The summed E-state index contributed by atoms with van der Waals surface area (Å²) in [4.78, 5) is 0. The van der Waals surface area contributed by atoms with Crippen molar-refractivity contribution < 1.29 is 17.9 Å². The molecule has 0 unspecified atom stereocenters. The van der Waals surface area contributed by atoms with E-state index in [1.54, 1.807) is 12.1 Å². The Labute approximate surface area is 121 Å². The topological polar surface area (TPSA) is 9.23 Å². The second-order valence-electron chi connectivity index (χ2n) is 5.78. The van der Waals surface area contributed by atoms with Gasteiger partial charge in [-0.15, -0.1) is 0 Å². The van der Waals surface area contributed by atoms with Crippen LogP contribution in [0.2, 0.25) is 0 Å². The van der Waals surface area contributed by atoms with Crippen LogP contribution in [-0.2, 0) is 5.41 Å². The Balaban J connectivity index is 2.00. The minimum Gasteiger partial charge on any atom is -0.484 e. The van der Waals surface area contributed by atoms with Gasteiger partial charge in [0.05, 0.1) is 0 Å². The largest absolute Gasteiger partial charge is 0.484 e. The molecule has 21 heavy (non-hydrogen) atoms. The second-order valence-corrected chi connectivity index (χ2v) is 5.78. The van der Waals surface area contributed by atoms with E-state index < -0.39 is 12.8 Å². The van der Waals surface area contributed by atoms with Crippen LogP contribution in [0.25, 0.3) is 11.1 Å². The van der Waals surface area contributed by atoms with Crippen molar-refractivity contribution >= 4 is 0 Å². The monoisotopic (exact) mass is 292 g/mol. The summed E-state index contributed by atoms with van der Waals surface area (Å²) >= 11 is 0. The van der Waals surface area contributed by atoms with Crippen LogP contribution in [0.4, 0.5) is 13.2 Å². The molecule has 0 bridgehead atoms. The summed E-state index contributed by atoms with van der Waals surface area (Å²) in [5.74, 6) is 0.256. The lowest BCUT2D eigenvalue weighted by molar-refractivity contribution is -0.153. The molecule has 0 spiro atoms. The van der Waals surface area contributed by atoms with Crippen molar-refractivity contribution in [3.63, 3.8) is 0 Å². The third-order valence-electron chi connectivity index (χ3n) is 3.96. The van der Waals surface area contributed by atoms with Crippen molar-refractivity contribution in [3.8, 4) is 16.9 Å². The average Bonchev–Trinajstić information content (AvgIpc) is 2.65. The molecule has 4 heteroatoms. The molecule has 1 aliphatic rings. The van der Waals surface area contributed by atoms with E-state index in [2.05, 4.69) is 19.9 Å². The van der Waals surface area contributed by atoms with Gasteiger partial charge < -0.3 is 4.74 Å². The molecule has 0 N–H and O–H groups in total. The van der Waals surface area contributed by atoms with Gasteiger partial charge in [-0.3, -0.25) is 0 Å². The second kappa shape index (κ2) is 4.52. The molecule has 0 radical (unpaired) electrons. The van der Waals surface area contributed by atoms with Gasteiger partial charge in [-0.05, 0) is 34.4 Å². The van der Waals surface area contributed by atoms with Crippen LogP contribution in [0, 0.1) is 0 Å². The summed E-state index contributed by atoms with van der Waals surface area (Å²) in [6, 6.07) is 13.2. The maximum absolute atomic E-state index is 12.3. The fourth-order valence-electron chi connectivity index (χ4n) is 2.94. The lowest BCUT2D eigenvalue weighted by Crippen LogP contribution is -2.19. The minimum atomic E-state index is -4.32. The smallest absolute Gasteiger partial charge is 0.422 e. The van der Waals surface area contributed by atoms with Crippen LogP contribution in [0.1, 0.15) is 25.0 Å². The number of benzene rings is 2. The highest BCUT2D eigenvalue weighted by molar-refractivity contribution is 5.81. The highest BCUT2D eigenvalue weighted by Gasteiger charge is 2.35. The highest BCUT2D eigenvalue weighted by Crippen LogP contribution is 2.49.